The molecular weight excluding hydrogens is 394 g/mol. The lowest BCUT2D eigenvalue weighted by atomic mass is 9.87. The highest BCUT2D eigenvalue weighted by Gasteiger charge is 2.50. The number of para-hydroxylation sites is 1. The number of amides is 1. The van der Waals surface area contributed by atoms with E-state index in [4.69, 9.17) is 4.74 Å². The number of fused-ring (bicyclic) bond motifs is 1. The van der Waals surface area contributed by atoms with Gasteiger partial charge < -0.3 is 25.0 Å². The molecule has 3 aromatic rings. The van der Waals surface area contributed by atoms with E-state index in [1.165, 1.54) is 19.2 Å². The van der Waals surface area contributed by atoms with Gasteiger partial charge in [-0.3, -0.25) is 4.79 Å². The van der Waals surface area contributed by atoms with Gasteiger partial charge in [-0.2, -0.15) is 0 Å². The number of methoxy groups -OCH3 is 1. The minimum Gasteiger partial charge on any atom is -0.508 e. The third kappa shape index (κ3) is 3.87. The molecule has 6 heteroatoms. The highest BCUT2D eigenvalue weighted by molar-refractivity contribution is 6.06. The number of ether oxygens (including phenoxy) is 1. The van der Waals surface area contributed by atoms with Crippen molar-refractivity contribution in [3.8, 4) is 11.5 Å². The number of anilines is 1. The van der Waals surface area contributed by atoms with Crippen molar-refractivity contribution in [3.05, 3.63) is 89.5 Å². The maximum atomic E-state index is 13.4. The van der Waals surface area contributed by atoms with Crippen LogP contribution in [0, 0.1) is 0 Å². The zero-order valence-electron chi connectivity index (χ0n) is 17.2. The molecule has 31 heavy (non-hydrogen) atoms. The first-order chi connectivity index (χ1) is 14.9. The van der Waals surface area contributed by atoms with E-state index >= 15 is 0 Å². The van der Waals surface area contributed by atoms with E-state index in [0.717, 1.165) is 5.56 Å². The molecule has 4 rings (SSSR count). The molecule has 2 unspecified atom stereocenters. The molecule has 0 aromatic heterocycles. The Morgan fingerprint density at radius 3 is 2.48 bits per heavy atom. The van der Waals surface area contributed by atoms with Gasteiger partial charge in [0.2, 0.25) is 0 Å². The highest BCUT2D eigenvalue weighted by atomic mass is 16.5. The van der Waals surface area contributed by atoms with E-state index in [-0.39, 0.29) is 17.7 Å². The molecule has 0 fully saturated rings. The summed E-state index contributed by atoms with van der Waals surface area (Å²) in [7, 11) is 1.48. The first-order valence-corrected chi connectivity index (χ1v) is 10.2. The smallest absolute Gasteiger partial charge is 0.263 e. The summed E-state index contributed by atoms with van der Waals surface area (Å²) in [5, 5.41) is 32.5. The fourth-order valence-electron chi connectivity index (χ4n) is 4.13. The van der Waals surface area contributed by atoms with Crippen LogP contribution in [0.2, 0.25) is 0 Å². The second kappa shape index (κ2) is 8.41. The van der Waals surface area contributed by atoms with Gasteiger partial charge in [0.25, 0.3) is 5.91 Å². The molecule has 2 atom stereocenters. The summed E-state index contributed by atoms with van der Waals surface area (Å²) < 4.78 is 5.16. The Morgan fingerprint density at radius 2 is 1.74 bits per heavy atom. The van der Waals surface area contributed by atoms with E-state index in [0.29, 0.717) is 30.0 Å². The molecule has 0 spiro atoms. The molecule has 0 bridgehead atoms. The third-order valence-electron chi connectivity index (χ3n) is 5.79. The number of aliphatic hydroxyl groups excluding tert-OH is 1. The molecule has 3 aromatic carbocycles. The van der Waals surface area contributed by atoms with Crippen molar-refractivity contribution in [2.24, 2.45) is 0 Å². The highest BCUT2D eigenvalue weighted by Crippen LogP contribution is 2.46. The van der Waals surface area contributed by atoms with Crippen molar-refractivity contribution in [2.75, 3.05) is 18.6 Å². The van der Waals surface area contributed by atoms with E-state index in [2.05, 4.69) is 0 Å². The van der Waals surface area contributed by atoms with Gasteiger partial charge in [0.05, 0.1) is 18.9 Å². The lowest BCUT2D eigenvalue weighted by molar-refractivity contribution is -0.139. The van der Waals surface area contributed by atoms with E-state index in [1.54, 1.807) is 29.2 Å². The molecule has 0 aliphatic carbocycles. The van der Waals surface area contributed by atoms with Crippen molar-refractivity contribution in [1.82, 2.24) is 0 Å². The lowest BCUT2D eigenvalue weighted by Crippen LogP contribution is -2.42. The van der Waals surface area contributed by atoms with Gasteiger partial charge in [-0.05, 0) is 36.2 Å². The number of benzene rings is 3. The minimum atomic E-state index is -1.90. The summed E-state index contributed by atoms with van der Waals surface area (Å²) in [5.41, 5.74) is 0.468. The molecule has 0 saturated carbocycles. The molecule has 0 radical (unpaired) electrons. The average Bonchev–Trinajstić information content (AvgIpc) is 3.00. The van der Waals surface area contributed by atoms with E-state index in [9.17, 15) is 20.1 Å². The summed E-state index contributed by atoms with van der Waals surface area (Å²) in [4.78, 5) is 14.9. The number of aromatic hydroxyl groups is 1. The summed E-state index contributed by atoms with van der Waals surface area (Å²) in [6.45, 7) is 0.405. The van der Waals surface area contributed by atoms with Crippen LogP contribution < -0.4 is 9.64 Å². The molecule has 6 nitrogen and oxygen atoms in total. The molecule has 1 aliphatic heterocycles. The molecule has 0 saturated heterocycles. The first kappa shape index (κ1) is 20.9. The maximum absolute atomic E-state index is 13.4. The fourth-order valence-corrected chi connectivity index (χ4v) is 4.13. The van der Waals surface area contributed by atoms with Gasteiger partial charge in [0, 0.05) is 24.1 Å². The predicted octanol–water partition coefficient (Wildman–Crippen LogP) is 3.30. The molecule has 1 aliphatic rings. The topological polar surface area (TPSA) is 90.2 Å². The van der Waals surface area contributed by atoms with E-state index in [1.807, 2.05) is 36.4 Å². The number of aliphatic hydroxyl groups is 2. The van der Waals surface area contributed by atoms with Gasteiger partial charge in [-0.15, -0.1) is 0 Å². The van der Waals surface area contributed by atoms with Crippen LogP contribution in [0.1, 0.15) is 29.2 Å². The lowest BCUT2D eigenvalue weighted by Gasteiger charge is -2.26. The molecule has 3 N–H and O–H groups in total. The first-order valence-electron chi connectivity index (χ1n) is 10.2. The molecule has 1 heterocycles. The molecule has 160 valence electrons. The SMILES string of the molecule is COc1ccc(O)c(C(O)CC2(O)C(=O)N(CCc3ccccc3)c3ccccc32)c1. The summed E-state index contributed by atoms with van der Waals surface area (Å²) in [5.74, 6) is -0.149. The van der Waals surface area contributed by atoms with Crippen LogP contribution in [0.4, 0.5) is 5.69 Å². The predicted molar refractivity (Wildman–Crippen MR) is 117 cm³/mol. The van der Waals surface area contributed by atoms with Gasteiger partial charge in [-0.1, -0.05) is 48.5 Å². The average molecular weight is 419 g/mol. The Balaban J connectivity index is 1.62. The van der Waals surface area contributed by atoms with Gasteiger partial charge in [0.1, 0.15) is 11.5 Å². The standard InChI is InChI=1S/C25H25NO5/c1-31-18-11-12-22(27)19(15-18)23(28)16-25(30)20-9-5-6-10-21(20)26(24(25)29)14-13-17-7-3-2-4-8-17/h2-12,15,23,27-28,30H,13-14,16H2,1H3. The second-order valence-electron chi connectivity index (χ2n) is 7.71. The zero-order chi connectivity index (χ0) is 22.0. The summed E-state index contributed by atoms with van der Waals surface area (Å²) in [6.07, 6.45) is -0.923. The zero-order valence-corrected chi connectivity index (χ0v) is 17.2. The maximum Gasteiger partial charge on any atom is 0.263 e. The van der Waals surface area contributed by atoms with Crippen LogP contribution in [0.3, 0.4) is 0 Å². The largest absolute Gasteiger partial charge is 0.508 e. The summed E-state index contributed by atoms with van der Waals surface area (Å²) in [6, 6.07) is 21.4. The Labute approximate surface area is 181 Å². The van der Waals surface area contributed by atoms with Crippen LogP contribution in [0.15, 0.2) is 72.8 Å². The van der Waals surface area contributed by atoms with Crippen molar-refractivity contribution >= 4 is 11.6 Å². The van der Waals surface area contributed by atoms with Crippen LogP contribution in [-0.2, 0) is 16.8 Å². The second-order valence-corrected chi connectivity index (χ2v) is 7.71. The fraction of sp³-hybridized carbons (Fsp3) is 0.240. The monoisotopic (exact) mass is 419 g/mol. The Hall–Kier alpha value is -3.35. The Kier molecular flexibility index (Phi) is 5.67. The van der Waals surface area contributed by atoms with Crippen molar-refractivity contribution in [1.29, 1.82) is 0 Å². The number of phenolic OH excluding ortho intramolecular Hbond substituents is 1. The van der Waals surface area contributed by atoms with Crippen LogP contribution in [0.25, 0.3) is 0 Å². The number of phenols is 1. The Bertz CT molecular complexity index is 1080. The molecular formula is C25H25NO5. The number of carbonyl (C=O) groups excluding carboxylic acids is 1. The third-order valence-corrected chi connectivity index (χ3v) is 5.79. The number of rotatable bonds is 7. The van der Waals surface area contributed by atoms with Crippen molar-refractivity contribution in [2.45, 2.75) is 24.5 Å². The van der Waals surface area contributed by atoms with Crippen LogP contribution >= 0.6 is 0 Å². The van der Waals surface area contributed by atoms with Crippen molar-refractivity contribution < 1.29 is 24.9 Å². The summed E-state index contributed by atoms with van der Waals surface area (Å²) >= 11 is 0. The van der Waals surface area contributed by atoms with Crippen LogP contribution in [-0.4, -0.2) is 34.9 Å². The number of hydrogen-bond acceptors (Lipinski definition) is 5. The van der Waals surface area contributed by atoms with E-state index < -0.39 is 17.6 Å². The number of nitrogens with zero attached hydrogens (tertiary/aromatic N) is 1. The minimum absolute atomic E-state index is 0.128. The normalized spacial score (nSPS) is 18.7. The number of carbonyl (C=O) groups is 1. The van der Waals surface area contributed by atoms with Crippen LogP contribution in [0.5, 0.6) is 11.5 Å². The van der Waals surface area contributed by atoms with Gasteiger partial charge in [0.15, 0.2) is 5.60 Å². The Morgan fingerprint density at radius 1 is 1.03 bits per heavy atom. The number of hydrogen-bond donors (Lipinski definition) is 3. The van der Waals surface area contributed by atoms with Gasteiger partial charge in [-0.25, -0.2) is 0 Å². The molecule has 1 amide bonds. The van der Waals surface area contributed by atoms with Gasteiger partial charge >= 0.3 is 0 Å². The van der Waals surface area contributed by atoms with Crippen molar-refractivity contribution in [3.63, 3.8) is 0 Å². The quantitative estimate of drug-likeness (QED) is 0.547.